The molecule has 0 bridgehead atoms. The van der Waals surface area contributed by atoms with E-state index in [4.69, 9.17) is 11.6 Å². The molecule has 0 fully saturated rings. The first kappa shape index (κ1) is 11.9. The summed E-state index contributed by atoms with van der Waals surface area (Å²) in [6, 6.07) is 4.10. The number of alkyl halides is 1. The van der Waals surface area contributed by atoms with Gasteiger partial charge in [0, 0.05) is 10.9 Å². The van der Waals surface area contributed by atoms with Gasteiger partial charge in [-0.1, -0.05) is 39.7 Å². The second-order valence-electron chi connectivity index (χ2n) is 2.81. The zero-order chi connectivity index (χ0) is 10.7. The minimum absolute atomic E-state index is 0.153. The Hall–Kier alpha value is -0.160. The van der Waals surface area contributed by atoms with Gasteiger partial charge in [-0.15, -0.1) is 0 Å². The van der Waals surface area contributed by atoms with E-state index in [9.17, 15) is 14.6 Å². The summed E-state index contributed by atoms with van der Waals surface area (Å²) in [6.45, 7) is 0. The monoisotopic (exact) mass is 282 g/mol. The summed E-state index contributed by atoms with van der Waals surface area (Å²) in [6.07, 6.45) is -2.19. The lowest BCUT2D eigenvalue weighted by Crippen LogP contribution is -2.19. The van der Waals surface area contributed by atoms with Crippen molar-refractivity contribution in [3.8, 4) is 0 Å². The molecule has 5 heteroatoms. The third-order valence-electron chi connectivity index (χ3n) is 1.82. The Bertz CT molecular complexity index is 322. The lowest BCUT2D eigenvalue weighted by molar-refractivity contribution is 0.0341. The van der Waals surface area contributed by atoms with Gasteiger partial charge in [0.25, 0.3) is 0 Å². The third kappa shape index (κ3) is 2.45. The number of aliphatic hydroxyl groups is 2. The first-order valence-electron chi connectivity index (χ1n) is 3.94. The van der Waals surface area contributed by atoms with E-state index < -0.39 is 18.0 Å². The largest absolute Gasteiger partial charge is 0.389 e. The molecule has 78 valence electrons. The van der Waals surface area contributed by atoms with Crippen LogP contribution in [0.4, 0.5) is 4.39 Å². The summed E-state index contributed by atoms with van der Waals surface area (Å²) >= 11 is 8.64. The zero-order valence-electron chi connectivity index (χ0n) is 7.12. The Morgan fingerprint density at radius 1 is 1.43 bits per heavy atom. The molecule has 1 aromatic carbocycles. The Morgan fingerprint density at radius 2 is 2.07 bits per heavy atom. The van der Waals surface area contributed by atoms with Crippen LogP contribution in [0.5, 0.6) is 0 Å². The van der Waals surface area contributed by atoms with Crippen molar-refractivity contribution in [2.45, 2.75) is 12.2 Å². The molecule has 0 radical (unpaired) electrons. The summed E-state index contributed by atoms with van der Waals surface area (Å²) in [5.41, 5.74) is 0.193. The quantitative estimate of drug-likeness (QED) is 0.836. The molecule has 0 heterocycles. The molecule has 0 saturated heterocycles. The van der Waals surface area contributed by atoms with E-state index in [-0.39, 0.29) is 15.9 Å². The van der Waals surface area contributed by atoms with Crippen molar-refractivity contribution < 1.29 is 14.6 Å². The second kappa shape index (κ2) is 5.07. The highest BCUT2D eigenvalue weighted by Gasteiger charge is 2.20. The number of benzene rings is 1. The number of aliphatic hydroxyl groups excluding tert-OH is 2. The van der Waals surface area contributed by atoms with Gasteiger partial charge in [0.1, 0.15) is 11.9 Å². The van der Waals surface area contributed by atoms with Crippen LogP contribution in [0, 0.1) is 5.82 Å². The molecular weight excluding hydrogens is 274 g/mol. The SMILES string of the molecule is OC(CBr)C(O)c1cccc(F)c1Cl. The van der Waals surface area contributed by atoms with Crippen molar-refractivity contribution in [1.82, 2.24) is 0 Å². The Balaban J connectivity index is 3.01. The summed E-state index contributed by atoms with van der Waals surface area (Å²) in [5, 5.41) is 18.9. The maximum absolute atomic E-state index is 13.0. The molecule has 0 aliphatic rings. The van der Waals surface area contributed by atoms with Gasteiger partial charge in [-0.2, -0.15) is 0 Å². The van der Waals surface area contributed by atoms with Crippen molar-refractivity contribution in [3.05, 3.63) is 34.6 Å². The number of hydrogen-bond donors (Lipinski definition) is 2. The highest BCUT2D eigenvalue weighted by Crippen LogP contribution is 2.27. The van der Waals surface area contributed by atoms with Gasteiger partial charge in [-0.05, 0) is 6.07 Å². The van der Waals surface area contributed by atoms with E-state index in [1.54, 1.807) is 0 Å². The molecule has 0 spiro atoms. The van der Waals surface area contributed by atoms with Crippen LogP contribution in [0.15, 0.2) is 18.2 Å². The smallest absolute Gasteiger partial charge is 0.142 e. The molecule has 2 N–H and O–H groups in total. The van der Waals surface area contributed by atoms with Crippen molar-refractivity contribution in [2.75, 3.05) is 5.33 Å². The normalized spacial score (nSPS) is 15.2. The molecule has 0 amide bonds. The van der Waals surface area contributed by atoms with E-state index >= 15 is 0 Å². The predicted molar refractivity (Wildman–Crippen MR) is 56.2 cm³/mol. The molecule has 0 aliphatic carbocycles. The molecule has 2 unspecified atom stereocenters. The lowest BCUT2D eigenvalue weighted by Gasteiger charge is -2.17. The van der Waals surface area contributed by atoms with Gasteiger partial charge < -0.3 is 10.2 Å². The van der Waals surface area contributed by atoms with Crippen molar-refractivity contribution in [2.24, 2.45) is 0 Å². The summed E-state index contributed by atoms with van der Waals surface area (Å²) in [5.74, 6) is -0.606. The van der Waals surface area contributed by atoms with E-state index in [2.05, 4.69) is 15.9 Å². The van der Waals surface area contributed by atoms with Gasteiger partial charge in [0.05, 0.1) is 11.1 Å². The zero-order valence-corrected chi connectivity index (χ0v) is 9.46. The Morgan fingerprint density at radius 3 is 2.64 bits per heavy atom. The van der Waals surface area contributed by atoms with Crippen LogP contribution >= 0.6 is 27.5 Å². The Labute approximate surface area is 94.5 Å². The molecule has 14 heavy (non-hydrogen) atoms. The summed E-state index contributed by atoms with van der Waals surface area (Å²) in [7, 11) is 0. The van der Waals surface area contributed by atoms with E-state index in [0.29, 0.717) is 0 Å². The minimum Gasteiger partial charge on any atom is -0.389 e. The lowest BCUT2D eigenvalue weighted by atomic mass is 10.1. The Kier molecular flexibility index (Phi) is 4.31. The third-order valence-corrected chi connectivity index (χ3v) is 2.88. The second-order valence-corrected chi connectivity index (χ2v) is 3.83. The highest BCUT2D eigenvalue weighted by molar-refractivity contribution is 9.09. The van der Waals surface area contributed by atoms with Gasteiger partial charge in [0.2, 0.25) is 0 Å². The van der Waals surface area contributed by atoms with Crippen LogP contribution < -0.4 is 0 Å². The van der Waals surface area contributed by atoms with Crippen LogP contribution in [0.1, 0.15) is 11.7 Å². The fraction of sp³-hybridized carbons (Fsp3) is 0.333. The van der Waals surface area contributed by atoms with E-state index in [0.717, 1.165) is 0 Å². The number of rotatable bonds is 3. The maximum atomic E-state index is 13.0. The molecule has 1 rings (SSSR count). The maximum Gasteiger partial charge on any atom is 0.142 e. The fourth-order valence-corrected chi connectivity index (χ4v) is 1.63. The van der Waals surface area contributed by atoms with Crippen LogP contribution in [-0.2, 0) is 0 Å². The van der Waals surface area contributed by atoms with Gasteiger partial charge in [0.15, 0.2) is 0 Å². The first-order chi connectivity index (χ1) is 6.57. The average molecular weight is 284 g/mol. The molecule has 2 atom stereocenters. The van der Waals surface area contributed by atoms with Crippen LogP contribution in [-0.4, -0.2) is 21.6 Å². The van der Waals surface area contributed by atoms with Crippen molar-refractivity contribution in [3.63, 3.8) is 0 Å². The molecule has 0 aliphatic heterocycles. The molecule has 2 nitrogen and oxygen atoms in total. The molecular formula is C9H9BrClFO2. The molecule has 0 aromatic heterocycles. The standard InChI is InChI=1S/C9H9BrClFO2/c10-4-7(13)9(14)5-2-1-3-6(12)8(5)11/h1-3,7,9,13-14H,4H2. The summed E-state index contributed by atoms with van der Waals surface area (Å²) in [4.78, 5) is 0. The summed E-state index contributed by atoms with van der Waals surface area (Å²) < 4.78 is 13.0. The minimum atomic E-state index is -1.18. The van der Waals surface area contributed by atoms with Crippen LogP contribution in [0.25, 0.3) is 0 Å². The van der Waals surface area contributed by atoms with Gasteiger partial charge in [-0.3, -0.25) is 0 Å². The number of hydrogen-bond acceptors (Lipinski definition) is 2. The topological polar surface area (TPSA) is 40.5 Å². The van der Waals surface area contributed by atoms with E-state index in [1.165, 1.54) is 18.2 Å². The van der Waals surface area contributed by atoms with Crippen molar-refractivity contribution in [1.29, 1.82) is 0 Å². The molecule has 0 saturated carbocycles. The van der Waals surface area contributed by atoms with E-state index in [1.807, 2.05) is 0 Å². The predicted octanol–water partition coefficient (Wildman–Crippen LogP) is 2.27. The average Bonchev–Trinajstić information content (AvgIpc) is 2.20. The van der Waals surface area contributed by atoms with Crippen molar-refractivity contribution >= 4 is 27.5 Å². The van der Waals surface area contributed by atoms with Gasteiger partial charge in [-0.25, -0.2) is 4.39 Å². The number of halogens is 3. The first-order valence-corrected chi connectivity index (χ1v) is 5.44. The van der Waals surface area contributed by atoms with Crippen LogP contribution in [0.3, 0.4) is 0 Å². The van der Waals surface area contributed by atoms with Gasteiger partial charge >= 0.3 is 0 Å². The van der Waals surface area contributed by atoms with Crippen LogP contribution in [0.2, 0.25) is 5.02 Å². The molecule has 1 aromatic rings. The highest BCUT2D eigenvalue weighted by atomic mass is 79.9. The fourth-order valence-electron chi connectivity index (χ4n) is 1.04.